The second-order valence-electron chi connectivity index (χ2n) is 6.40. The van der Waals surface area contributed by atoms with Crippen molar-refractivity contribution in [3.63, 3.8) is 0 Å². The molecule has 3 nitrogen and oxygen atoms in total. The van der Waals surface area contributed by atoms with Gasteiger partial charge >= 0.3 is 0 Å². The minimum Gasteiger partial charge on any atom is -0.388 e. The summed E-state index contributed by atoms with van der Waals surface area (Å²) in [7, 11) is 0. The second-order valence-corrected chi connectivity index (χ2v) is 6.40. The molecule has 3 aliphatic heterocycles. The lowest BCUT2D eigenvalue weighted by Gasteiger charge is -2.44. The van der Waals surface area contributed by atoms with E-state index in [4.69, 9.17) is 0 Å². The van der Waals surface area contributed by atoms with Crippen LogP contribution in [-0.2, 0) is 6.54 Å². The lowest BCUT2D eigenvalue weighted by molar-refractivity contribution is -0.0620. The van der Waals surface area contributed by atoms with Crippen LogP contribution in [0.3, 0.4) is 0 Å². The Kier molecular flexibility index (Phi) is 2.69. The summed E-state index contributed by atoms with van der Waals surface area (Å²) < 4.78 is 0. The summed E-state index contributed by atoms with van der Waals surface area (Å²) in [4.78, 5) is 2.56. The zero-order valence-corrected chi connectivity index (χ0v) is 11.3. The molecule has 3 unspecified atom stereocenters. The Morgan fingerprint density at radius 3 is 3.11 bits per heavy atom. The summed E-state index contributed by atoms with van der Waals surface area (Å²) >= 11 is 0. The molecular formula is C16H22N2O. The maximum atomic E-state index is 11.2. The molecule has 1 aromatic carbocycles. The molecule has 0 spiro atoms. The fourth-order valence-electron chi connectivity index (χ4n) is 4.31. The first-order chi connectivity index (χ1) is 9.26. The zero-order valence-electron chi connectivity index (χ0n) is 11.3. The number of hydrogen-bond acceptors (Lipinski definition) is 3. The van der Waals surface area contributed by atoms with Crippen molar-refractivity contribution in [2.45, 2.75) is 49.9 Å². The molecule has 2 N–H and O–H groups in total. The van der Waals surface area contributed by atoms with E-state index in [-0.39, 0.29) is 6.04 Å². The highest BCUT2D eigenvalue weighted by Crippen LogP contribution is 2.43. The van der Waals surface area contributed by atoms with Gasteiger partial charge in [-0.25, -0.2) is 0 Å². The monoisotopic (exact) mass is 258 g/mol. The Hall–Kier alpha value is -0.900. The number of hydrogen-bond donors (Lipinski definition) is 2. The summed E-state index contributed by atoms with van der Waals surface area (Å²) in [5, 5.41) is 14.7. The Balaban J connectivity index is 1.62. The van der Waals surface area contributed by atoms with Gasteiger partial charge in [-0.05, 0) is 43.4 Å². The first-order valence-electron chi connectivity index (χ1n) is 7.54. The molecule has 3 atom stereocenters. The topological polar surface area (TPSA) is 35.5 Å². The Labute approximate surface area is 114 Å². The summed E-state index contributed by atoms with van der Waals surface area (Å²) in [5.74, 6) is 0. The van der Waals surface area contributed by atoms with Crippen molar-refractivity contribution < 1.29 is 5.11 Å². The highest BCUT2D eigenvalue weighted by Gasteiger charge is 2.47. The molecule has 1 aromatic rings. The summed E-state index contributed by atoms with van der Waals surface area (Å²) in [6.45, 7) is 3.19. The molecule has 0 saturated carbocycles. The number of benzene rings is 1. The normalized spacial score (nSPS) is 38.2. The average molecular weight is 258 g/mol. The standard InChI is InChI=1S/C16H22N2O/c19-16(7-9-18-8-3-5-13(18)10-16)15-14-6-2-1-4-12(14)11-17-15/h1-2,4,6,13,15,17,19H,3,5,7-11H2. The molecule has 3 heteroatoms. The molecule has 0 radical (unpaired) electrons. The molecule has 19 heavy (non-hydrogen) atoms. The number of nitrogens with one attached hydrogen (secondary N) is 1. The highest BCUT2D eigenvalue weighted by molar-refractivity contribution is 5.36. The smallest absolute Gasteiger partial charge is 0.0868 e. The molecule has 4 rings (SSSR count). The van der Waals surface area contributed by atoms with Crippen LogP contribution in [0.1, 0.15) is 42.9 Å². The Morgan fingerprint density at radius 2 is 2.16 bits per heavy atom. The third-order valence-electron chi connectivity index (χ3n) is 5.32. The molecule has 3 heterocycles. The first kappa shape index (κ1) is 11.9. The molecule has 0 amide bonds. The van der Waals surface area contributed by atoms with Gasteiger partial charge in [0.05, 0.1) is 11.6 Å². The van der Waals surface area contributed by atoms with Crippen LogP contribution in [0.25, 0.3) is 0 Å². The number of rotatable bonds is 1. The van der Waals surface area contributed by atoms with Gasteiger partial charge in [0.1, 0.15) is 0 Å². The SMILES string of the molecule is OC1(C2NCc3ccccc32)CCN2CCCC2C1. The summed E-state index contributed by atoms with van der Waals surface area (Å²) in [6, 6.07) is 9.27. The predicted octanol–water partition coefficient (Wildman–Crippen LogP) is 1.82. The lowest BCUT2D eigenvalue weighted by Crippen LogP contribution is -2.52. The van der Waals surface area contributed by atoms with Crippen LogP contribution in [-0.4, -0.2) is 34.7 Å². The van der Waals surface area contributed by atoms with Crippen molar-refractivity contribution >= 4 is 0 Å². The van der Waals surface area contributed by atoms with Crippen molar-refractivity contribution in [2.75, 3.05) is 13.1 Å². The molecule has 2 saturated heterocycles. The molecular weight excluding hydrogens is 236 g/mol. The second kappa shape index (κ2) is 4.30. The number of piperidine rings is 1. The van der Waals surface area contributed by atoms with Gasteiger partial charge in [0, 0.05) is 19.1 Å². The number of aliphatic hydroxyl groups is 1. The predicted molar refractivity (Wildman–Crippen MR) is 74.8 cm³/mol. The largest absolute Gasteiger partial charge is 0.388 e. The third-order valence-corrected chi connectivity index (χ3v) is 5.32. The van der Waals surface area contributed by atoms with Crippen molar-refractivity contribution in [3.8, 4) is 0 Å². The summed E-state index contributed by atoms with van der Waals surface area (Å²) in [5.41, 5.74) is 2.11. The van der Waals surface area contributed by atoms with Crippen molar-refractivity contribution in [3.05, 3.63) is 35.4 Å². The fourth-order valence-corrected chi connectivity index (χ4v) is 4.31. The summed E-state index contributed by atoms with van der Waals surface area (Å²) in [6.07, 6.45) is 4.39. The van der Waals surface area contributed by atoms with Gasteiger partial charge in [0.2, 0.25) is 0 Å². The van der Waals surface area contributed by atoms with Crippen molar-refractivity contribution in [1.29, 1.82) is 0 Å². The van der Waals surface area contributed by atoms with Gasteiger partial charge in [-0.3, -0.25) is 0 Å². The minimum absolute atomic E-state index is 0.131. The van der Waals surface area contributed by atoms with Crippen molar-refractivity contribution in [2.24, 2.45) is 0 Å². The van der Waals surface area contributed by atoms with E-state index < -0.39 is 5.60 Å². The maximum absolute atomic E-state index is 11.2. The molecule has 102 valence electrons. The molecule has 0 aliphatic carbocycles. The van der Waals surface area contributed by atoms with Crippen LogP contribution in [0.2, 0.25) is 0 Å². The van der Waals surface area contributed by atoms with Crippen LogP contribution in [0, 0.1) is 0 Å². The van der Waals surface area contributed by atoms with E-state index in [0.29, 0.717) is 6.04 Å². The zero-order chi connectivity index (χ0) is 12.9. The van der Waals surface area contributed by atoms with Crippen LogP contribution in [0.4, 0.5) is 0 Å². The van der Waals surface area contributed by atoms with Crippen LogP contribution < -0.4 is 5.32 Å². The maximum Gasteiger partial charge on any atom is 0.0868 e. The van der Waals surface area contributed by atoms with E-state index in [2.05, 4.69) is 34.5 Å². The third kappa shape index (κ3) is 1.83. The number of fused-ring (bicyclic) bond motifs is 2. The Bertz CT molecular complexity index is 489. The van der Waals surface area contributed by atoms with E-state index in [1.807, 2.05) is 0 Å². The molecule has 3 aliphatic rings. The van der Waals surface area contributed by atoms with Crippen LogP contribution in [0.5, 0.6) is 0 Å². The van der Waals surface area contributed by atoms with Gasteiger partial charge in [-0.15, -0.1) is 0 Å². The first-order valence-corrected chi connectivity index (χ1v) is 7.54. The fraction of sp³-hybridized carbons (Fsp3) is 0.625. The van der Waals surface area contributed by atoms with Gasteiger partial charge in [-0.2, -0.15) is 0 Å². The highest BCUT2D eigenvalue weighted by atomic mass is 16.3. The van der Waals surface area contributed by atoms with Crippen molar-refractivity contribution in [1.82, 2.24) is 10.2 Å². The average Bonchev–Trinajstić information content (AvgIpc) is 3.04. The molecule has 0 bridgehead atoms. The van der Waals surface area contributed by atoms with E-state index in [1.54, 1.807) is 0 Å². The van der Waals surface area contributed by atoms with Crippen LogP contribution in [0.15, 0.2) is 24.3 Å². The van der Waals surface area contributed by atoms with E-state index in [1.165, 1.54) is 30.5 Å². The van der Waals surface area contributed by atoms with E-state index in [9.17, 15) is 5.11 Å². The molecule has 0 aromatic heterocycles. The van der Waals surface area contributed by atoms with Crippen LogP contribution >= 0.6 is 0 Å². The van der Waals surface area contributed by atoms with Gasteiger partial charge < -0.3 is 15.3 Å². The molecule has 2 fully saturated rings. The van der Waals surface area contributed by atoms with E-state index in [0.717, 1.165) is 25.9 Å². The van der Waals surface area contributed by atoms with Gasteiger partial charge in [0.15, 0.2) is 0 Å². The van der Waals surface area contributed by atoms with Gasteiger partial charge in [-0.1, -0.05) is 24.3 Å². The minimum atomic E-state index is -0.557. The van der Waals surface area contributed by atoms with E-state index >= 15 is 0 Å². The number of nitrogens with zero attached hydrogens (tertiary/aromatic N) is 1. The quantitative estimate of drug-likeness (QED) is 0.806. The lowest BCUT2D eigenvalue weighted by atomic mass is 9.78. The van der Waals surface area contributed by atoms with Gasteiger partial charge in [0.25, 0.3) is 0 Å². The Morgan fingerprint density at radius 1 is 1.26 bits per heavy atom.